The van der Waals surface area contributed by atoms with Crippen LogP contribution < -0.4 is 5.32 Å². The highest BCUT2D eigenvalue weighted by molar-refractivity contribution is 9.10. The molecule has 0 fully saturated rings. The summed E-state index contributed by atoms with van der Waals surface area (Å²) in [4.78, 5) is 19.8. The summed E-state index contributed by atoms with van der Waals surface area (Å²) in [5, 5.41) is 11.9. The largest absolute Gasteiger partial charge is 0.506 e. The van der Waals surface area contributed by atoms with Crippen molar-refractivity contribution in [3.8, 4) is 5.75 Å². The summed E-state index contributed by atoms with van der Waals surface area (Å²) in [6, 6.07) is 4.83. The Morgan fingerprint density at radius 2 is 2.17 bits per heavy atom. The summed E-state index contributed by atoms with van der Waals surface area (Å²) in [5.74, 6) is 0.0271. The SMILES string of the molecule is Cc1nc(NC(=O)c2cncc(O)c2)ccc1Br. The van der Waals surface area contributed by atoms with Gasteiger partial charge in [0.1, 0.15) is 11.6 Å². The Labute approximate surface area is 112 Å². The summed E-state index contributed by atoms with van der Waals surface area (Å²) in [5.41, 5.74) is 1.05. The number of carbonyl (C=O) groups excluding carboxylic acids is 1. The molecular weight excluding hydrogens is 298 g/mol. The number of halogens is 1. The molecule has 2 rings (SSSR count). The van der Waals surface area contributed by atoms with Crippen LogP contribution in [0.2, 0.25) is 0 Å². The molecule has 0 bridgehead atoms. The first-order valence-electron chi connectivity index (χ1n) is 5.15. The van der Waals surface area contributed by atoms with Crippen LogP contribution >= 0.6 is 15.9 Å². The van der Waals surface area contributed by atoms with Crippen LogP contribution in [0, 0.1) is 6.92 Å². The maximum Gasteiger partial charge on any atom is 0.258 e. The average Bonchev–Trinajstić information content (AvgIpc) is 2.34. The minimum atomic E-state index is -0.368. The summed E-state index contributed by atoms with van der Waals surface area (Å²) in [6.07, 6.45) is 2.64. The Bertz CT molecular complexity index is 602. The van der Waals surface area contributed by atoms with Gasteiger partial charge in [-0.15, -0.1) is 0 Å². The second-order valence-electron chi connectivity index (χ2n) is 3.65. The van der Waals surface area contributed by atoms with Gasteiger partial charge >= 0.3 is 0 Å². The normalized spacial score (nSPS) is 10.1. The fraction of sp³-hybridized carbons (Fsp3) is 0.0833. The maximum atomic E-state index is 11.8. The van der Waals surface area contributed by atoms with E-state index in [9.17, 15) is 9.90 Å². The van der Waals surface area contributed by atoms with Crippen molar-refractivity contribution >= 4 is 27.7 Å². The zero-order valence-corrected chi connectivity index (χ0v) is 11.1. The van der Waals surface area contributed by atoms with Crippen LogP contribution in [0.15, 0.2) is 35.1 Å². The molecule has 0 unspecified atom stereocenters. The number of nitrogens with one attached hydrogen (secondary N) is 1. The number of pyridine rings is 2. The lowest BCUT2D eigenvalue weighted by Gasteiger charge is -2.06. The fourth-order valence-electron chi connectivity index (χ4n) is 1.35. The Morgan fingerprint density at radius 1 is 1.39 bits per heavy atom. The molecule has 0 aliphatic heterocycles. The van der Waals surface area contributed by atoms with Gasteiger partial charge in [0.15, 0.2) is 0 Å². The van der Waals surface area contributed by atoms with Crippen molar-refractivity contribution in [1.82, 2.24) is 9.97 Å². The van der Waals surface area contributed by atoms with Crippen molar-refractivity contribution in [2.45, 2.75) is 6.92 Å². The zero-order valence-electron chi connectivity index (χ0n) is 9.51. The molecule has 5 nitrogen and oxygen atoms in total. The van der Waals surface area contributed by atoms with Crippen molar-refractivity contribution in [1.29, 1.82) is 0 Å². The van der Waals surface area contributed by atoms with Crippen LogP contribution in [0.5, 0.6) is 5.75 Å². The number of aromatic hydroxyl groups is 1. The van der Waals surface area contributed by atoms with Crippen molar-refractivity contribution in [2.24, 2.45) is 0 Å². The van der Waals surface area contributed by atoms with E-state index in [2.05, 4.69) is 31.2 Å². The van der Waals surface area contributed by atoms with Crippen LogP contribution in [0.1, 0.15) is 16.1 Å². The molecule has 0 saturated carbocycles. The number of hydrogen-bond donors (Lipinski definition) is 2. The molecule has 92 valence electrons. The van der Waals surface area contributed by atoms with Gasteiger partial charge < -0.3 is 10.4 Å². The van der Waals surface area contributed by atoms with Gasteiger partial charge in [0.25, 0.3) is 5.91 Å². The minimum Gasteiger partial charge on any atom is -0.506 e. The molecular formula is C12H10BrN3O2. The number of amides is 1. The molecule has 0 atom stereocenters. The molecule has 0 saturated heterocycles. The second-order valence-corrected chi connectivity index (χ2v) is 4.50. The number of aryl methyl sites for hydroxylation is 1. The molecule has 2 aromatic heterocycles. The molecule has 6 heteroatoms. The third kappa shape index (κ3) is 2.84. The van der Waals surface area contributed by atoms with Crippen LogP contribution in [0.4, 0.5) is 5.82 Å². The lowest BCUT2D eigenvalue weighted by molar-refractivity contribution is 0.102. The average molecular weight is 308 g/mol. The Balaban J connectivity index is 2.18. The van der Waals surface area contributed by atoms with Crippen molar-refractivity contribution in [3.63, 3.8) is 0 Å². The Morgan fingerprint density at radius 3 is 2.83 bits per heavy atom. The van der Waals surface area contributed by atoms with Crippen molar-refractivity contribution in [2.75, 3.05) is 5.32 Å². The van der Waals surface area contributed by atoms with E-state index >= 15 is 0 Å². The highest BCUT2D eigenvalue weighted by atomic mass is 79.9. The molecule has 2 N–H and O–H groups in total. The first-order chi connectivity index (χ1) is 8.56. The van der Waals surface area contributed by atoms with Crippen molar-refractivity contribution in [3.05, 3.63) is 46.3 Å². The van der Waals surface area contributed by atoms with E-state index in [1.165, 1.54) is 18.5 Å². The lowest BCUT2D eigenvalue weighted by Crippen LogP contribution is -2.13. The van der Waals surface area contributed by atoms with Crippen LogP contribution in [-0.2, 0) is 0 Å². The van der Waals surface area contributed by atoms with Gasteiger partial charge in [0.05, 0.1) is 17.5 Å². The summed E-state index contributed by atoms with van der Waals surface area (Å²) in [6.45, 7) is 1.83. The quantitative estimate of drug-likeness (QED) is 0.894. The standard InChI is InChI=1S/C12H10BrN3O2/c1-7-10(13)2-3-11(15-7)16-12(18)8-4-9(17)6-14-5-8/h2-6,17H,1H3,(H,15,16,18). The molecule has 1 amide bonds. The topological polar surface area (TPSA) is 75.1 Å². The molecule has 2 aromatic rings. The molecule has 18 heavy (non-hydrogen) atoms. The molecule has 0 aliphatic rings. The molecule has 2 heterocycles. The van der Waals surface area contributed by atoms with E-state index in [0.29, 0.717) is 5.82 Å². The maximum absolute atomic E-state index is 11.8. The zero-order chi connectivity index (χ0) is 13.1. The van der Waals surface area contributed by atoms with Gasteiger partial charge in [-0.3, -0.25) is 9.78 Å². The molecule has 0 spiro atoms. The summed E-state index contributed by atoms with van der Waals surface area (Å²) in [7, 11) is 0. The summed E-state index contributed by atoms with van der Waals surface area (Å²) >= 11 is 3.33. The van der Waals surface area contributed by atoms with E-state index in [0.717, 1.165) is 10.2 Å². The van der Waals surface area contributed by atoms with Crippen LogP contribution in [0.3, 0.4) is 0 Å². The first-order valence-corrected chi connectivity index (χ1v) is 5.94. The third-order valence-corrected chi connectivity index (χ3v) is 3.09. The number of aromatic nitrogens is 2. The second kappa shape index (κ2) is 5.14. The van der Waals surface area contributed by atoms with Crippen molar-refractivity contribution < 1.29 is 9.90 Å². The first kappa shape index (κ1) is 12.5. The van der Waals surface area contributed by atoms with Gasteiger partial charge in [0, 0.05) is 10.7 Å². The van der Waals surface area contributed by atoms with Crippen LogP contribution in [-0.4, -0.2) is 21.0 Å². The van der Waals surface area contributed by atoms with E-state index in [4.69, 9.17) is 0 Å². The van der Waals surface area contributed by atoms with Gasteiger partial charge in [-0.2, -0.15) is 0 Å². The predicted octanol–water partition coefficient (Wildman–Crippen LogP) is 2.51. The lowest BCUT2D eigenvalue weighted by atomic mass is 10.2. The monoisotopic (exact) mass is 307 g/mol. The molecule has 0 radical (unpaired) electrons. The number of carbonyl (C=O) groups is 1. The van der Waals surface area contributed by atoms with Gasteiger partial charge in [-0.1, -0.05) is 0 Å². The van der Waals surface area contributed by atoms with E-state index in [1.807, 2.05) is 6.92 Å². The number of rotatable bonds is 2. The van der Waals surface area contributed by atoms with E-state index < -0.39 is 0 Å². The predicted molar refractivity (Wildman–Crippen MR) is 70.5 cm³/mol. The van der Waals surface area contributed by atoms with E-state index in [1.54, 1.807) is 12.1 Å². The highest BCUT2D eigenvalue weighted by Gasteiger charge is 2.08. The fourth-order valence-corrected chi connectivity index (χ4v) is 1.57. The smallest absolute Gasteiger partial charge is 0.258 e. The number of nitrogens with zero attached hydrogens (tertiary/aromatic N) is 2. The van der Waals surface area contributed by atoms with Gasteiger partial charge in [-0.25, -0.2) is 4.98 Å². The number of anilines is 1. The Kier molecular flexibility index (Phi) is 3.57. The van der Waals surface area contributed by atoms with E-state index in [-0.39, 0.29) is 17.2 Å². The van der Waals surface area contributed by atoms with Gasteiger partial charge in [0.2, 0.25) is 0 Å². The number of hydrogen-bond acceptors (Lipinski definition) is 4. The third-order valence-electron chi connectivity index (χ3n) is 2.25. The Hall–Kier alpha value is -1.95. The summed E-state index contributed by atoms with van der Waals surface area (Å²) < 4.78 is 0.875. The highest BCUT2D eigenvalue weighted by Crippen LogP contribution is 2.17. The van der Waals surface area contributed by atoms with Crippen LogP contribution in [0.25, 0.3) is 0 Å². The van der Waals surface area contributed by atoms with Gasteiger partial charge in [-0.05, 0) is 41.1 Å². The molecule has 0 aromatic carbocycles. The minimum absolute atomic E-state index is 0.0532. The molecule has 0 aliphatic carbocycles.